The molecule has 0 saturated carbocycles. The van der Waals surface area contributed by atoms with Gasteiger partial charge in [-0.05, 0) is 36.6 Å². The number of hydrogen-bond donors (Lipinski definition) is 1. The number of aryl methyl sites for hydroxylation is 1. The lowest BCUT2D eigenvalue weighted by atomic mass is 9.93. The number of carbonyl (C=O) groups excluding carboxylic acids is 1. The number of carbonyl (C=O) groups is 1. The number of amides is 1. The van der Waals surface area contributed by atoms with Crippen molar-refractivity contribution in [2.45, 2.75) is 19.4 Å². The number of rotatable bonds is 2. The van der Waals surface area contributed by atoms with E-state index in [-0.39, 0.29) is 18.6 Å². The third kappa shape index (κ3) is 2.25. The summed E-state index contributed by atoms with van der Waals surface area (Å²) < 4.78 is 1.90. The molecule has 1 aromatic carbocycles. The van der Waals surface area contributed by atoms with Crippen LogP contribution in [0.1, 0.15) is 33.4 Å². The van der Waals surface area contributed by atoms with Gasteiger partial charge in [0, 0.05) is 19.3 Å². The van der Waals surface area contributed by atoms with Crippen molar-refractivity contribution in [2.24, 2.45) is 7.05 Å². The van der Waals surface area contributed by atoms with Gasteiger partial charge in [0.25, 0.3) is 5.91 Å². The van der Waals surface area contributed by atoms with Crippen molar-refractivity contribution in [1.29, 1.82) is 0 Å². The van der Waals surface area contributed by atoms with Gasteiger partial charge in [-0.2, -0.15) is 0 Å². The zero-order chi connectivity index (χ0) is 15.0. The van der Waals surface area contributed by atoms with Crippen LogP contribution in [0.4, 0.5) is 0 Å². The Morgan fingerprint density at radius 3 is 2.71 bits per heavy atom. The quantitative estimate of drug-likeness (QED) is 0.917. The summed E-state index contributed by atoms with van der Waals surface area (Å²) in [6.07, 6.45) is 0.835. The molecule has 1 aliphatic rings. The second-order valence-corrected chi connectivity index (χ2v) is 5.56. The Balaban J connectivity index is 1.96. The SMILES string of the molecule is Cc1ccc(C(=O)N2CCc3ccccc3[C@@H]2CO)n1C. The van der Waals surface area contributed by atoms with Gasteiger partial charge in [-0.1, -0.05) is 24.3 Å². The van der Waals surface area contributed by atoms with Crippen LogP contribution >= 0.6 is 0 Å². The second kappa shape index (κ2) is 5.37. The van der Waals surface area contributed by atoms with Gasteiger partial charge in [0.1, 0.15) is 5.69 Å². The first-order valence-corrected chi connectivity index (χ1v) is 7.25. The summed E-state index contributed by atoms with van der Waals surface area (Å²) in [6.45, 7) is 2.57. The molecule has 0 bridgehead atoms. The van der Waals surface area contributed by atoms with Gasteiger partial charge in [-0.25, -0.2) is 0 Å². The van der Waals surface area contributed by atoms with Gasteiger partial charge in [0.05, 0.1) is 12.6 Å². The Morgan fingerprint density at radius 1 is 1.29 bits per heavy atom. The van der Waals surface area contributed by atoms with Crippen molar-refractivity contribution >= 4 is 5.91 Å². The maximum Gasteiger partial charge on any atom is 0.271 e. The molecule has 2 aromatic rings. The zero-order valence-electron chi connectivity index (χ0n) is 12.4. The lowest BCUT2D eigenvalue weighted by Crippen LogP contribution is -2.42. The first-order chi connectivity index (χ1) is 10.1. The lowest BCUT2D eigenvalue weighted by molar-refractivity contribution is 0.0559. The number of hydrogen-bond acceptors (Lipinski definition) is 2. The molecule has 4 heteroatoms. The summed E-state index contributed by atoms with van der Waals surface area (Å²) in [5.74, 6) is -0.0147. The van der Waals surface area contributed by atoms with Gasteiger partial charge < -0.3 is 14.6 Å². The standard InChI is InChI=1S/C17H20N2O2/c1-12-7-8-15(18(12)2)17(21)19-10-9-13-5-3-4-6-14(13)16(19)11-20/h3-8,16,20H,9-11H2,1-2H3/t16-/m0/s1. The summed E-state index contributed by atoms with van der Waals surface area (Å²) in [5.41, 5.74) is 4.01. The van der Waals surface area contributed by atoms with Crippen LogP contribution in [0.3, 0.4) is 0 Å². The minimum atomic E-state index is -0.252. The predicted octanol–water partition coefficient (Wildman–Crippen LogP) is 2.07. The Kier molecular flexibility index (Phi) is 3.55. The van der Waals surface area contributed by atoms with Crippen LogP contribution in [0.15, 0.2) is 36.4 Å². The molecule has 0 aliphatic carbocycles. The van der Waals surface area contributed by atoms with E-state index in [1.54, 1.807) is 4.90 Å². The van der Waals surface area contributed by atoms with Crippen LogP contribution in [0.5, 0.6) is 0 Å². The number of fused-ring (bicyclic) bond motifs is 1. The van der Waals surface area contributed by atoms with E-state index in [4.69, 9.17) is 0 Å². The topological polar surface area (TPSA) is 45.5 Å². The second-order valence-electron chi connectivity index (χ2n) is 5.56. The van der Waals surface area contributed by atoms with Crippen LogP contribution in [0, 0.1) is 6.92 Å². The van der Waals surface area contributed by atoms with E-state index in [0.717, 1.165) is 17.7 Å². The highest BCUT2D eigenvalue weighted by Gasteiger charge is 2.31. The molecule has 0 unspecified atom stereocenters. The molecule has 110 valence electrons. The third-order valence-electron chi connectivity index (χ3n) is 4.44. The number of benzene rings is 1. The molecule has 0 fully saturated rings. The Bertz CT molecular complexity index is 675. The maximum absolute atomic E-state index is 12.8. The van der Waals surface area contributed by atoms with Crippen molar-refractivity contribution in [2.75, 3.05) is 13.2 Å². The molecular formula is C17H20N2O2. The molecule has 1 aromatic heterocycles. The fraction of sp³-hybridized carbons (Fsp3) is 0.353. The molecule has 1 N–H and O–H groups in total. The molecular weight excluding hydrogens is 264 g/mol. The van der Waals surface area contributed by atoms with E-state index in [9.17, 15) is 9.90 Å². The molecule has 0 radical (unpaired) electrons. The lowest BCUT2D eigenvalue weighted by Gasteiger charge is -2.36. The first kappa shape index (κ1) is 13.9. The largest absolute Gasteiger partial charge is 0.394 e. The highest BCUT2D eigenvalue weighted by atomic mass is 16.3. The fourth-order valence-electron chi connectivity index (χ4n) is 3.07. The molecule has 1 aliphatic heterocycles. The predicted molar refractivity (Wildman–Crippen MR) is 81.2 cm³/mol. The van der Waals surface area contributed by atoms with E-state index in [2.05, 4.69) is 6.07 Å². The molecule has 0 spiro atoms. The number of aliphatic hydroxyl groups is 1. The zero-order valence-corrected chi connectivity index (χ0v) is 12.4. The Hall–Kier alpha value is -2.07. The normalized spacial score (nSPS) is 17.7. The molecule has 3 rings (SSSR count). The maximum atomic E-state index is 12.8. The molecule has 0 saturated heterocycles. The molecule has 2 heterocycles. The first-order valence-electron chi connectivity index (χ1n) is 7.25. The third-order valence-corrected chi connectivity index (χ3v) is 4.44. The van der Waals surface area contributed by atoms with Crippen molar-refractivity contribution in [3.05, 3.63) is 58.9 Å². The van der Waals surface area contributed by atoms with Gasteiger partial charge >= 0.3 is 0 Å². The highest BCUT2D eigenvalue weighted by Crippen LogP contribution is 2.30. The van der Waals surface area contributed by atoms with E-state index < -0.39 is 0 Å². The van der Waals surface area contributed by atoms with Crippen LogP contribution < -0.4 is 0 Å². The van der Waals surface area contributed by atoms with Crippen LogP contribution in [0.25, 0.3) is 0 Å². The number of nitrogens with zero attached hydrogens (tertiary/aromatic N) is 2. The molecule has 21 heavy (non-hydrogen) atoms. The van der Waals surface area contributed by atoms with Crippen molar-refractivity contribution < 1.29 is 9.90 Å². The molecule has 1 amide bonds. The summed E-state index contributed by atoms with van der Waals surface area (Å²) >= 11 is 0. The monoisotopic (exact) mass is 284 g/mol. The van der Waals surface area contributed by atoms with Gasteiger partial charge in [-0.3, -0.25) is 4.79 Å². The minimum absolute atomic E-state index is 0.0147. The minimum Gasteiger partial charge on any atom is -0.394 e. The van der Waals surface area contributed by atoms with Crippen LogP contribution in [0.2, 0.25) is 0 Å². The van der Waals surface area contributed by atoms with Crippen LogP contribution in [-0.2, 0) is 13.5 Å². The average Bonchev–Trinajstić information content (AvgIpc) is 2.85. The van der Waals surface area contributed by atoms with Crippen molar-refractivity contribution in [3.8, 4) is 0 Å². The summed E-state index contributed by atoms with van der Waals surface area (Å²) in [4.78, 5) is 14.6. The number of aliphatic hydroxyl groups excluding tert-OH is 1. The summed E-state index contributed by atoms with van der Waals surface area (Å²) in [6, 6.07) is 11.6. The van der Waals surface area contributed by atoms with Gasteiger partial charge in [0.2, 0.25) is 0 Å². The van der Waals surface area contributed by atoms with Crippen molar-refractivity contribution in [1.82, 2.24) is 9.47 Å². The van der Waals surface area contributed by atoms with Gasteiger partial charge in [-0.15, -0.1) is 0 Å². The van der Waals surface area contributed by atoms with E-state index in [1.165, 1.54) is 5.56 Å². The van der Waals surface area contributed by atoms with Crippen molar-refractivity contribution in [3.63, 3.8) is 0 Å². The van der Waals surface area contributed by atoms with E-state index in [1.807, 2.05) is 48.9 Å². The fourth-order valence-corrected chi connectivity index (χ4v) is 3.07. The molecule has 1 atom stereocenters. The smallest absolute Gasteiger partial charge is 0.271 e. The number of aromatic nitrogens is 1. The Labute approximate surface area is 124 Å². The summed E-state index contributed by atoms with van der Waals surface area (Å²) in [5, 5.41) is 9.78. The Morgan fingerprint density at radius 2 is 2.05 bits per heavy atom. The summed E-state index contributed by atoms with van der Waals surface area (Å²) in [7, 11) is 1.90. The van der Waals surface area contributed by atoms with E-state index in [0.29, 0.717) is 12.2 Å². The van der Waals surface area contributed by atoms with Gasteiger partial charge in [0.15, 0.2) is 0 Å². The molecule has 4 nitrogen and oxygen atoms in total. The average molecular weight is 284 g/mol. The highest BCUT2D eigenvalue weighted by molar-refractivity contribution is 5.93. The van der Waals surface area contributed by atoms with E-state index >= 15 is 0 Å². The van der Waals surface area contributed by atoms with Crippen LogP contribution in [-0.4, -0.2) is 33.6 Å².